The topological polar surface area (TPSA) is 153 Å². The highest BCUT2D eigenvalue weighted by atomic mass is 16.6. The second-order valence-corrected chi connectivity index (χ2v) is 7.25. The summed E-state index contributed by atoms with van der Waals surface area (Å²) in [6.45, 7) is 3.07. The van der Waals surface area contributed by atoms with Crippen LogP contribution in [-0.2, 0) is 14.3 Å². The number of ether oxygens (including phenoxy) is 1. The van der Waals surface area contributed by atoms with Crippen LogP contribution in [0.2, 0.25) is 0 Å². The first-order valence-corrected chi connectivity index (χ1v) is 9.41. The minimum Gasteiger partial charge on any atom is -0.467 e. The molecule has 1 saturated heterocycles. The number of ketones is 2. The van der Waals surface area contributed by atoms with E-state index in [-0.39, 0.29) is 11.1 Å². The summed E-state index contributed by atoms with van der Waals surface area (Å²) in [5.74, 6) is -3.70. The minimum atomic E-state index is -2.82. The molecule has 2 aliphatic rings. The number of nitrogens with one attached hydrogen (secondary N) is 1. The van der Waals surface area contributed by atoms with E-state index in [2.05, 4.69) is 0 Å². The van der Waals surface area contributed by atoms with Crippen LogP contribution < -0.4 is 5.32 Å². The Morgan fingerprint density at radius 1 is 1.27 bits per heavy atom. The number of Topliss-reactive ketones (excluding diaryl/α,β-unsaturated/α-hetero) is 2. The number of carbonyl (C=O) groups excluding carboxylic acids is 3. The highest BCUT2D eigenvalue weighted by Crippen LogP contribution is 2.43. The van der Waals surface area contributed by atoms with Gasteiger partial charge >= 0.3 is 0 Å². The van der Waals surface area contributed by atoms with Crippen LogP contribution in [0, 0.1) is 0 Å². The van der Waals surface area contributed by atoms with Crippen molar-refractivity contribution in [2.24, 2.45) is 0 Å². The van der Waals surface area contributed by atoms with Crippen LogP contribution in [0.25, 0.3) is 0 Å². The monoisotopic (exact) mass is 417 g/mol. The van der Waals surface area contributed by atoms with Crippen LogP contribution in [0.4, 0.5) is 0 Å². The van der Waals surface area contributed by atoms with E-state index >= 15 is 0 Å². The van der Waals surface area contributed by atoms with Gasteiger partial charge in [0.1, 0.15) is 18.0 Å². The van der Waals surface area contributed by atoms with Gasteiger partial charge in [-0.3, -0.25) is 14.4 Å². The quantitative estimate of drug-likeness (QED) is 0.232. The SMILES string of the molecule is CCC=C[C@H](O)[C@H](O)C1=C(C)C(=O)[C@]2(O1)C(=O)N[C@@](O)(C(=O)c1ccccc1)[C@@H]2O. The van der Waals surface area contributed by atoms with Crippen LogP contribution >= 0.6 is 0 Å². The fourth-order valence-electron chi connectivity index (χ4n) is 3.58. The summed E-state index contributed by atoms with van der Waals surface area (Å²) in [5, 5.41) is 44.1. The summed E-state index contributed by atoms with van der Waals surface area (Å²) in [7, 11) is 0. The molecule has 160 valence electrons. The highest BCUT2D eigenvalue weighted by Gasteiger charge is 2.73. The van der Waals surface area contributed by atoms with Gasteiger partial charge < -0.3 is 30.5 Å². The summed E-state index contributed by atoms with van der Waals surface area (Å²) >= 11 is 0. The maximum atomic E-state index is 12.9. The molecule has 5 N–H and O–H groups in total. The van der Waals surface area contributed by atoms with E-state index in [0.717, 1.165) is 0 Å². The number of allylic oxidation sites excluding steroid dienone is 1. The first-order valence-electron chi connectivity index (χ1n) is 9.41. The zero-order valence-electron chi connectivity index (χ0n) is 16.4. The third-order valence-electron chi connectivity index (χ3n) is 5.28. The average Bonchev–Trinajstić information content (AvgIpc) is 3.13. The van der Waals surface area contributed by atoms with Gasteiger partial charge in [-0.05, 0) is 13.3 Å². The fraction of sp³-hybridized carbons (Fsp3) is 0.381. The molecule has 9 nitrogen and oxygen atoms in total. The van der Waals surface area contributed by atoms with Crippen molar-refractivity contribution in [2.75, 3.05) is 0 Å². The molecule has 0 radical (unpaired) electrons. The Hall–Kier alpha value is -2.85. The summed E-state index contributed by atoms with van der Waals surface area (Å²) in [5.41, 5.74) is -5.70. The molecule has 30 heavy (non-hydrogen) atoms. The largest absolute Gasteiger partial charge is 0.467 e. The predicted octanol–water partition coefficient (Wildman–Crippen LogP) is -0.651. The molecule has 1 aromatic rings. The van der Waals surface area contributed by atoms with Crippen molar-refractivity contribution in [1.29, 1.82) is 0 Å². The van der Waals surface area contributed by atoms with E-state index in [1.807, 2.05) is 12.2 Å². The number of amides is 1. The average molecular weight is 417 g/mol. The lowest BCUT2D eigenvalue weighted by Crippen LogP contribution is -2.59. The normalized spacial score (nSPS) is 30.7. The van der Waals surface area contributed by atoms with Crippen molar-refractivity contribution >= 4 is 17.5 Å². The van der Waals surface area contributed by atoms with Gasteiger partial charge in [-0.2, -0.15) is 0 Å². The number of hydrogen-bond donors (Lipinski definition) is 5. The summed E-state index contributed by atoms with van der Waals surface area (Å²) < 4.78 is 5.42. The first kappa shape index (κ1) is 21.8. The van der Waals surface area contributed by atoms with Gasteiger partial charge in [0.15, 0.2) is 6.10 Å². The van der Waals surface area contributed by atoms with Crippen molar-refractivity contribution in [3.8, 4) is 0 Å². The van der Waals surface area contributed by atoms with Gasteiger partial charge in [-0.25, -0.2) is 0 Å². The molecule has 9 heteroatoms. The second-order valence-electron chi connectivity index (χ2n) is 7.25. The Morgan fingerprint density at radius 2 is 1.90 bits per heavy atom. The van der Waals surface area contributed by atoms with E-state index in [1.54, 1.807) is 12.1 Å². The molecule has 1 aromatic carbocycles. The molecule has 0 unspecified atom stereocenters. The third kappa shape index (κ3) is 3.07. The van der Waals surface area contributed by atoms with Crippen LogP contribution in [0.1, 0.15) is 30.6 Å². The van der Waals surface area contributed by atoms with Crippen molar-refractivity contribution in [3.63, 3.8) is 0 Å². The number of benzene rings is 1. The Bertz CT molecular complexity index is 940. The zero-order valence-corrected chi connectivity index (χ0v) is 16.4. The van der Waals surface area contributed by atoms with Crippen LogP contribution in [0.15, 0.2) is 53.8 Å². The van der Waals surface area contributed by atoms with E-state index in [4.69, 9.17) is 4.74 Å². The number of aliphatic hydroxyl groups excluding tert-OH is 3. The van der Waals surface area contributed by atoms with Crippen molar-refractivity contribution in [2.45, 2.75) is 49.9 Å². The standard InChI is InChI=1S/C21H23NO8/c1-3-4-10-13(23)14(24)15-11(2)16(25)20(30-15)18(27)21(29,22-19(20)28)17(26)12-8-6-5-7-9-12/h4-10,13-14,18,23-24,27,29H,3H2,1-2H3,(H,22,28)/t13-,14-,18+,20+,21+/m0/s1. The molecule has 1 fully saturated rings. The Morgan fingerprint density at radius 3 is 2.50 bits per heavy atom. The molecule has 0 aliphatic carbocycles. The third-order valence-corrected chi connectivity index (χ3v) is 5.28. The van der Waals surface area contributed by atoms with Crippen molar-refractivity contribution in [3.05, 3.63) is 59.4 Å². The van der Waals surface area contributed by atoms with Gasteiger partial charge in [0.25, 0.3) is 11.5 Å². The van der Waals surface area contributed by atoms with E-state index in [1.165, 1.54) is 37.3 Å². The fourth-order valence-corrected chi connectivity index (χ4v) is 3.58. The van der Waals surface area contributed by atoms with E-state index in [9.17, 15) is 34.8 Å². The van der Waals surface area contributed by atoms with Gasteiger partial charge in [0, 0.05) is 11.1 Å². The molecule has 0 aromatic heterocycles. The van der Waals surface area contributed by atoms with Crippen LogP contribution in [0.5, 0.6) is 0 Å². The highest BCUT2D eigenvalue weighted by molar-refractivity contribution is 6.23. The van der Waals surface area contributed by atoms with Crippen LogP contribution in [0.3, 0.4) is 0 Å². The first-order chi connectivity index (χ1) is 14.1. The minimum absolute atomic E-state index is 0.00749. The lowest BCUT2D eigenvalue weighted by Gasteiger charge is -2.30. The molecule has 2 heterocycles. The molecule has 1 amide bonds. The molecule has 2 aliphatic heterocycles. The smallest absolute Gasteiger partial charge is 0.278 e. The number of rotatable bonds is 6. The molecule has 3 rings (SSSR count). The van der Waals surface area contributed by atoms with Gasteiger partial charge in [0.05, 0.1) is 0 Å². The maximum absolute atomic E-state index is 12.9. The summed E-state index contributed by atoms with van der Waals surface area (Å²) in [6.07, 6.45) is -1.98. The number of aliphatic hydroxyl groups is 4. The molecular weight excluding hydrogens is 394 g/mol. The number of hydrogen-bond acceptors (Lipinski definition) is 8. The predicted molar refractivity (Wildman–Crippen MR) is 103 cm³/mol. The second kappa shape index (κ2) is 7.77. The van der Waals surface area contributed by atoms with Crippen molar-refractivity contribution < 1.29 is 39.5 Å². The Labute approximate surface area is 172 Å². The molecule has 0 bridgehead atoms. The van der Waals surface area contributed by atoms with Crippen molar-refractivity contribution in [1.82, 2.24) is 5.32 Å². The van der Waals surface area contributed by atoms with Gasteiger partial charge in [-0.15, -0.1) is 0 Å². The Balaban J connectivity index is 1.95. The number of carbonyl (C=O) groups is 3. The lowest BCUT2D eigenvalue weighted by molar-refractivity contribution is -0.161. The molecular formula is C21H23NO8. The van der Waals surface area contributed by atoms with E-state index < -0.39 is 52.9 Å². The van der Waals surface area contributed by atoms with Gasteiger partial charge in [0.2, 0.25) is 17.3 Å². The summed E-state index contributed by atoms with van der Waals surface area (Å²) in [6, 6.07) is 7.43. The summed E-state index contributed by atoms with van der Waals surface area (Å²) in [4.78, 5) is 38.4. The zero-order chi connectivity index (χ0) is 22.3. The Kier molecular flexibility index (Phi) is 5.66. The lowest BCUT2D eigenvalue weighted by atomic mass is 9.85. The maximum Gasteiger partial charge on any atom is 0.278 e. The van der Waals surface area contributed by atoms with Crippen LogP contribution in [-0.4, -0.2) is 67.5 Å². The molecule has 0 saturated carbocycles. The molecule has 5 atom stereocenters. The van der Waals surface area contributed by atoms with Gasteiger partial charge in [-0.1, -0.05) is 49.4 Å². The van der Waals surface area contributed by atoms with E-state index in [0.29, 0.717) is 6.42 Å². The molecule has 1 spiro atoms.